The third-order valence-electron chi connectivity index (χ3n) is 4.75. The molecule has 27 heavy (non-hydrogen) atoms. The Bertz CT molecular complexity index is 738. The molecule has 1 N–H and O–H groups in total. The van der Waals surface area contributed by atoms with Crippen LogP contribution < -0.4 is 10.1 Å². The predicted molar refractivity (Wildman–Crippen MR) is 112 cm³/mol. The van der Waals surface area contributed by atoms with Gasteiger partial charge in [-0.05, 0) is 54.8 Å². The molecule has 0 saturated carbocycles. The van der Waals surface area contributed by atoms with Crippen LogP contribution in [0.15, 0.2) is 42.5 Å². The van der Waals surface area contributed by atoms with Crippen molar-refractivity contribution in [3.05, 3.63) is 59.2 Å². The Hall–Kier alpha value is -2.33. The van der Waals surface area contributed by atoms with E-state index < -0.39 is 0 Å². The molecule has 2 rings (SSSR count). The molecule has 0 aliphatic heterocycles. The van der Waals surface area contributed by atoms with E-state index in [0.717, 1.165) is 41.2 Å². The fourth-order valence-electron chi connectivity index (χ4n) is 2.98. The molecule has 146 valence electrons. The average Bonchev–Trinajstić information content (AvgIpc) is 2.66. The molecule has 0 bridgehead atoms. The normalized spacial score (nSPS) is 11.1. The molecule has 4 heteroatoms. The van der Waals surface area contributed by atoms with E-state index in [1.165, 1.54) is 0 Å². The molecule has 0 spiro atoms. The lowest BCUT2D eigenvalue weighted by molar-refractivity contribution is -0.117. The first-order valence-electron chi connectivity index (χ1n) is 9.78. The molecule has 0 aliphatic carbocycles. The van der Waals surface area contributed by atoms with Gasteiger partial charge in [0, 0.05) is 5.69 Å². The van der Waals surface area contributed by atoms with Gasteiger partial charge in [0.1, 0.15) is 12.4 Å². The van der Waals surface area contributed by atoms with E-state index in [9.17, 15) is 4.79 Å². The highest BCUT2D eigenvalue weighted by molar-refractivity contribution is 5.93. The third kappa shape index (κ3) is 6.10. The quantitative estimate of drug-likeness (QED) is 0.679. The van der Waals surface area contributed by atoms with Crippen molar-refractivity contribution in [2.45, 2.75) is 47.1 Å². The lowest BCUT2D eigenvalue weighted by Gasteiger charge is -2.20. The molecule has 2 aromatic carbocycles. The smallest absolute Gasteiger partial charge is 0.238 e. The average molecular weight is 369 g/mol. The van der Waals surface area contributed by atoms with Gasteiger partial charge in [0.05, 0.1) is 6.54 Å². The van der Waals surface area contributed by atoms with Crippen LogP contribution >= 0.6 is 0 Å². The summed E-state index contributed by atoms with van der Waals surface area (Å²) in [6.07, 6.45) is 0. The Morgan fingerprint density at radius 2 is 1.78 bits per heavy atom. The van der Waals surface area contributed by atoms with Gasteiger partial charge in [-0.1, -0.05) is 58.0 Å². The lowest BCUT2D eigenvalue weighted by Crippen LogP contribution is -2.33. The minimum Gasteiger partial charge on any atom is -0.489 e. The summed E-state index contributed by atoms with van der Waals surface area (Å²) >= 11 is 0. The van der Waals surface area contributed by atoms with E-state index in [1.807, 2.05) is 31.2 Å². The van der Waals surface area contributed by atoms with Gasteiger partial charge < -0.3 is 10.1 Å². The van der Waals surface area contributed by atoms with Crippen LogP contribution in [0, 0.1) is 6.92 Å². The zero-order valence-corrected chi connectivity index (χ0v) is 17.2. The number of hydrogen-bond acceptors (Lipinski definition) is 3. The van der Waals surface area contributed by atoms with Crippen LogP contribution in [0.1, 0.15) is 50.3 Å². The highest BCUT2D eigenvalue weighted by Gasteiger charge is 2.15. The Balaban J connectivity index is 2.16. The molecular weight excluding hydrogens is 336 g/mol. The van der Waals surface area contributed by atoms with Gasteiger partial charge in [-0.2, -0.15) is 0 Å². The number of nitrogens with zero attached hydrogens (tertiary/aromatic N) is 1. The van der Waals surface area contributed by atoms with E-state index in [-0.39, 0.29) is 5.91 Å². The number of rotatable bonds is 9. The number of carbonyl (C=O) groups excluding carboxylic acids is 1. The van der Waals surface area contributed by atoms with Crippen LogP contribution in [0.25, 0.3) is 0 Å². The van der Waals surface area contributed by atoms with Crippen LogP contribution in [0.5, 0.6) is 5.75 Å². The summed E-state index contributed by atoms with van der Waals surface area (Å²) in [5.74, 6) is 1.21. The molecule has 0 radical (unpaired) electrons. The van der Waals surface area contributed by atoms with E-state index in [2.05, 4.69) is 56.1 Å². The van der Waals surface area contributed by atoms with Gasteiger partial charge in [-0.15, -0.1) is 0 Å². The molecule has 0 unspecified atom stereocenters. The number of ether oxygens (including phenoxy) is 1. The van der Waals surface area contributed by atoms with Crippen molar-refractivity contribution in [1.82, 2.24) is 4.90 Å². The molecule has 1 amide bonds. The number of benzene rings is 2. The van der Waals surface area contributed by atoms with Gasteiger partial charge in [0.2, 0.25) is 5.91 Å². The number of amides is 1. The van der Waals surface area contributed by atoms with E-state index >= 15 is 0 Å². The zero-order chi connectivity index (χ0) is 19.8. The maximum Gasteiger partial charge on any atom is 0.238 e. The highest BCUT2D eigenvalue weighted by atomic mass is 16.5. The van der Waals surface area contributed by atoms with Crippen molar-refractivity contribution < 1.29 is 9.53 Å². The minimum atomic E-state index is 0.0226. The summed E-state index contributed by atoms with van der Waals surface area (Å²) in [5, 5.41) is 3.07. The molecule has 0 atom stereocenters. The molecule has 0 fully saturated rings. The van der Waals surface area contributed by atoms with E-state index in [1.54, 1.807) is 0 Å². The summed E-state index contributed by atoms with van der Waals surface area (Å²) in [5.41, 5.74) is 4.12. The third-order valence-corrected chi connectivity index (χ3v) is 4.75. The Kier molecular flexibility index (Phi) is 7.86. The van der Waals surface area contributed by atoms with Gasteiger partial charge in [-0.3, -0.25) is 9.69 Å². The number of likely N-dealkylation sites (N-methyl/N-ethyl adjacent to an activating group) is 1. The van der Waals surface area contributed by atoms with Crippen LogP contribution in [0.2, 0.25) is 0 Å². The summed E-state index contributed by atoms with van der Waals surface area (Å²) in [7, 11) is 0. The second kappa shape index (κ2) is 10.1. The van der Waals surface area contributed by atoms with Crippen molar-refractivity contribution in [3.8, 4) is 5.75 Å². The SMILES string of the molecule is CCN(CC)CC(=O)Nc1cc(C(C)C)c(OCc2ccccc2)cc1C. The second-order valence-electron chi connectivity index (χ2n) is 7.14. The van der Waals surface area contributed by atoms with Gasteiger partial charge in [0.15, 0.2) is 0 Å². The van der Waals surface area contributed by atoms with Crippen LogP contribution in [-0.4, -0.2) is 30.4 Å². The molecule has 4 nitrogen and oxygen atoms in total. The van der Waals surface area contributed by atoms with Crippen LogP contribution in [-0.2, 0) is 11.4 Å². The first-order chi connectivity index (χ1) is 12.9. The maximum atomic E-state index is 12.4. The van der Waals surface area contributed by atoms with Crippen LogP contribution in [0.4, 0.5) is 5.69 Å². The molecule has 0 saturated heterocycles. The van der Waals surface area contributed by atoms with Gasteiger partial charge in [0.25, 0.3) is 0 Å². The number of anilines is 1. The van der Waals surface area contributed by atoms with Gasteiger partial charge in [-0.25, -0.2) is 0 Å². The monoisotopic (exact) mass is 368 g/mol. The predicted octanol–water partition coefficient (Wildman–Crippen LogP) is 4.98. The molecule has 0 aromatic heterocycles. The summed E-state index contributed by atoms with van der Waals surface area (Å²) in [6.45, 7) is 13.1. The maximum absolute atomic E-state index is 12.4. The standard InChI is InChI=1S/C23H32N2O2/c1-6-25(7-2)15-23(26)24-21-14-20(17(3)4)22(13-18(21)5)27-16-19-11-9-8-10-12-19/h8-14,17H,6-7,15-16H2,1-5H3,(H,24,26). The first-order valence-corrected chi connectivity index (χ1v) is 9.78. The van der Waals surface area contributed by atoms with Crippen molar-refractivity contribution >= 4 is 11.6 Å². The van der Waals surface area contributed by atoms with Crippen molar-refractivity contribution in [2.75, 3.05) is 25.0 Å². The van der Waals surface area contributed by atoms with Crippen molar-refractivity contribution in [2.24, 2.45) is 0 Å². The van der Waals surface area contributed by atoms with Crippen molar-refractivity contribution in [3.63, 3.8) is 0 Å². The fourth-order valence-corrected chi connectivity index (χ4v) is 2.98. The molecule has 0 aliphatic rings. The summed E-state index contributed by atoms with van der Waals surface area (Å²) in [4.78, 5) is 14.5. The topological polar surface area (TPSA) is 41.6 Å². The molecular formula is C23H32N2O2. The Morgan fingerprint density at radius 3 is 2.37 bits per heavy atom. The highest BCUT2D eigenvalue weighted by Crippen LogP contribution is 2.32. The first kappa shape index (κ1) is 21.0. The van der Waals surface area contributed by atoms with Crippen molar-refractivity contribution in [1.29, 1.82) is 0 Å². The zero-order valence-electron chi connectivity index (χ0n) is 17.2. The summed E-state index contributed by atoms with van der Waals surface area (Å²) < 4.78 is 6.10. The molecule has 0 heterocycles. The van der Waals surface area contributed by atoms with E-state index in [0.29, 0.717) is 19.1 Å². The number of carbonyl (C=O) groups is 1. The summed E-state index contributed by atoms with van der Waals surface area (Å²) in [6, 6.07) is 14.2. The van der Waals surface area contributed by atoms with E-state index in [4.69, 9.17) is 4.74 Å². The minimum absolute atomic E-state index is 0.0226. The fraction of sp³-hybridized carbons (Fsp3) is 0.435. The van der Waals surface area contributed by atoms with Crippen LogP contribution in [0.3, 0.4) is 0 Å². The largest absolute Gasteiger partial charge is 0.489 e. The molecule has 2 aromatic rings. The van der Waals surface area contributed by atoms with Gasteiger partial charge >= 0.3 is 0 Å². The lowest BCUT2D eigenvalue weighted by atomic mass is 9.99. The number of hydrogen-bond donors (Lipinski definition) is 1. The Morgan fingerprint density at radius 1 is 1.11 bits per heavy atom. The second-order valence-corrected chi connectivity index (χ2v) is 7.14. The Labute approximate surface area is 163 Å². The number of nitrogens with one attached hydrogen (secondary N) is 1. The number of aryl methyl sites for hydroxylation is 1.